The summed E-state index contributed by atoms with van der Waals surface area (Å²) in [5, 5.41) is 14.6. The molecule has 1 aliphatic carbocycles. The molecule has 0 spiro atoms. The second-order valence-corrected chi connectivity index (χ2v) is 6.72. The summed E-state index contributed by atoms with van der Waals surface area (Å²) < 4.78 is 0. The van der Waals surface area contributed by atoms with Crippen molar-refractivity contribution >= 4 is 11.6 Å². The van der Waals surface area contributed by atoms with E-state index in [-0.39, 0.29) is 0 Å². The third-order valence-electron chi connectivity index (χ3n) is 5.02. The molecular weight excluding hydrogens is 270 g/mol. The minimum Gasteiger partial charge on any atom is -0.506 e. The largest absolute Gasteiger partial charge is 0.506 e. The van der Waals surface area contributed by atoms with Crippen LogP contribution in [-0.2, 0) is 19.3 Å². The maximum atomic E-state index is 10.5. The summed E-state index contributed by atoms with van der Waals surface area (Å²) in [5.41, 5.74) is 5.02. The lowest BCUT2D eigenvalue weighted by Crippen LogP contribution is -2.31. The Morgan fingerprint density at radius 2 is 1.95 bits per heavy atom. The van der Waals surface area contributed by atoms with Crippen molar-refractivity contribution in [2.75, 3.05) is 13.1 Å². The zero-order valence-corrected chi connectivity index (χ0v) is 13.0. The molecule has 0 aromatic heterocycles. The first kappa shape index (κ1) is 14.2. The average Bonchev–Trinajstić information content (AvgIpc) is 2.50. The Morgan fingerprint density at radius 3 is 2.65 bits per heavy atom. The van der Waals surface area contributed by atoms with Crippen LogP contribution in [0.1, 0.15) is 47.9 Å². The van der Waals surface area contributed by atoms with E-state index in [2.05, 4.69) is 12.2 Å². The molecule has 3 heteroatoms. The molecule has 1 saturated heterocycles. The minimum absolute atomic E-state index is 0.357. The average molecular weight is 294 g/mol. The number of nitrogens with one attached hydrogen (secondary N) is 1. The predicted molar refractivity (Wildman–Crippen MR) is 83.8 cm³/mol. The molecule has 2 aliphatic rings. The zero-order chi connectivity index (χ0) is 14.1. The molecule has 0 bridgehead atoms. The first-order valence-electron chi connectivity index (χ1n) is 7.91. The van der Waals surface area contributed by atoms with Gasteiger partial charge in [0.1, 0.15) is 5.75 Å². The molecule has 20 heavy (non-hydrogen) atoms. The first-order valence-corrected chi connectivity index (χ1v) is 8.28. The van der Waals surface area contributed by atoms with E-state index in [1.165, 1.54) is 42.4 Å². The lowest BCUT2D eigenvalue weighted by atomic mass is 9.82. The highest BCUT2D eigenvalue weighted by atomic mass is 35.5. The fourth-order valence-corrected chi connectivity index (χ4v) is 4.16. The van der Waals surface area contributed by atoms with Crippen molar-refractivity contribution in [1.82, 2.24) is 5.32 Å². The number of hydrogen-bond donors (Lipinski definition) is 2. The lowest BCUT2D eigenvalue weighted by molar-refractivity contribution is 0.369. The number of benzene rings is 1. The van der Waals surface area contributed by atoms with Crippen molar-refractivity contribution in [3.05, 3.63) is 27.3 Å². The van der Waals surface area contributed by atoms with Gasteiger partial charge in [0, 0.05) is 0 Å². The number of piperidine rings is 1. The number of phenols is 1. The summed E-state index contributed by atoms with van der Waals surface area (Å²) in [4.78, 5) is 0. The number of phenolic OH excluding ortho intramolecular Hbond substituents is 1. The van der Waals surface area contributed by atoms with E-state index in [1.54, 1.807) is 0 Å². The molecule has 2 N–H and O–H groups in total. The van der Waals surface area contributed by atoms with Crippen LogP contribution in [0.4, 0.5) is 0 Å². The molecule has 1 fully saturated rings. The molecular formula is C17H24ClNO. The third-order valence-corrected chi connectivity index (χ3v) is 5.43. The summed E-state index contributed by atoms with van der Waals surface area (Å²) in [6.07, 6.45) is 8.03. The zero-order valence-electron chi connectivity index (χ0n) is 12.3. The standard InChI is InChI=1S/C17H24ClNO/c1-11-13-6-2-3-7-14(13)16(18)17(20)15(11)9-12-5-4-8-19-10-12/h12,19-20H,2-10H2,1H3. The van der Waals surface area contributed by atoms with Crippen molar-refractivity contribution < 1.29 is 5.11 Å². The van der Waals surface area contributed by atoms with Crippen LogP contribution in [0.2, 0.25) is 5.02 Å². The van der Waals surface area contributed by atoms with Gasteiger partial charge in [-0.05, 0) is 93.1 Å². The van der Waals surface area contributed by atoms with Gasteiger partial charge in [-0.3, -0.25) is 0 Å². The van der Waals surface area contributed by atoms with Crippen molar-refractivity contribution in [1.29, 1.82) is 0 Å². The van der Waals surface area contributed by atoms with Crippen LogP contribution in [-0.4, -0.2) is 18.2 Å². The summed E-state index contributed by atoms with van der Waals surface area (Å²) >= 11 is 6.44. The van der Waals surface area contributed by atoms with Gasteiger partial charge in [0.25, 0.3) is 0 Å². The minimum atomic E-state index is 0.357. The molecule has 0 radical (unpaired) electrons. The molecule has 1 aromatic rings. The molecule has 1 heterocycles. The highest BCUT2D eigenvalue weighted by molar-refractivity contribution is 6.33. The van der Waals surface area contributed by atoms with Gasteiger partial charge in [0.2, 0.25) is 0 Å². The van der Waals surface area contributed by atoms with E-state index >= 15 is 0 Å². The maximum absolute atomic E-state index is 10.5. The number of rotatable bonds is 2. The Labute approximate surface area is 126 Å². The summed E-state index contributed by atoms with van der Waals surface area (Å²) in [5.74, 6) is 0.987. The van der Waals surface area contributed by atoms with E-state index in [1.807, 2.05) is 0 Å². The van der Waals surface area contributed by atoms with Crippen molar-refractivity contribution in [2.45, 2.75) is 51.9 Å². The summed E-state index contributed by atoms with van der Waals surface area (Å²) in [6, 6.07) is 0. The van der Waals surface area contributed by atoms with Crippen molar-refractivity contribution in [2.24, 2.45) is 5.92 Å². The van der Waals surface area contributed by atoms with Gasteiger partial charge >= 0.3 is 0 Å². The molecule has 1 aromatic carbocycles. The predicted octanol–water partition coefficient (Wildman–Crippen LogP) is 3.77. The quantitative estimate of drug-likeness (QED) is 0.870. The number of hydrogen-bond acceptors (Lipinski definition) is 2. The van der Waals surface area contributed by atoms with E-state index < -0.39 is 0 Å². The van der Waals surface area contributed by atoms with E-state index in [0.29, 0.717) is 16.7 Å². The molecule has 1 unspecified atom stereocenters. The van der Waals surface area contributed by atoms with Gasteiger partial charge < -0.3 is 10.4 Å². The molecule has 2 nitrogen and oxygen atoms in total. The van der Waals surface area contributed by atoms with Crippen LogP contribution < -0.4 is 5.32 Å². The number of halogens is 1. The third kappa shape index (κ3) is 2.56. The van der Waals surface area contributed by atoms with Gasteiger partial charge in [0.05, 0.1) is 5.02 Å². The topological polar surface area (TPSA) is 32.3 Å². The van der Waals surface area contributed by atoms with Crippen LogP contribution in [0, 0.1) is 12.8 Å². The fourth-order valence-electron chi connectivity index (χ4n) is 3.83. The molecule has 3 rings (SSSR count). The normalized spacial score (nSPS) is 22.6. The Bertz CT molecular complexity index is 506. The molecule has 110 valence electrons. The number of fused-ring (bicyclic) bond motifs is 1. The summed E-state index contributed by atoms with van der Waals surface area (Å²) in [6.45, 7) is 4.37. The van der Waals surface area contributed by atoms with Gasteiger partial charge in [-0.25, -0.2) is 0 Å². The molecule has 1 aliphatic heterocycles. The van der Waals surface area contributed by atoms with E-state index in [4.69, 9.17) is 11.6 Å². The molecule has 1 atom stereocenters. The van der Waals surface area contributed by atoms with Crippen LogP contribution >= 0.6 is 11.6 Å². The van der Waals surface area contributed by atoms with E-state index in [0.717, 1.165) is 37.9 Å². The number of aromatic hydroxyl groups is 1. The van der Waals surface area contributed by atoms with Gasteiger partial charge in [-0.15, -0.1) is 0 Å². The first-order chi connectivity index (χ1) is 9.68. The highest BCUT2D eigenvalue weighted by Crippen LogP contribution is 2.41. The monoisotopic (exact) mass is 293 g/mol. The SMILES string of the molecule is Cc1c(CC2CCCNC2)c(O)c(Cl)c2c1CCCC2. The Balaban J connectivity index is 1.95. The van der Waals surface area contributed by atoms with Crippen LogP contribution in [0.5, 0.6) is 5.75 Å². The lowest BCUT2D eigenvalue weighted by Gasteiger charge is -2.27. The Kier molecular flexibility index (Phi) is 4.23. The second kappa shape index (κ2) is 5.95. The smallest absolute Gasteiger partial charge is 0.137 e. The molecule has 0 amide bonds. The van der Waals surface area contributed by atoms with E-state index in [9.17, 15) is 5.11 Å². The van der Waals surface area contributed by atoms with Crippen LogP contribution in [0.3, 0.4) is 0 Å². The Hall–Kier alpha value is -0.730. The van der Waals surface area contributed by atoms with Gasteiger partial charge in [-0.1, -0.05) is 11.6 Å². The maximum Gasteiger partial charge on any atom is 0.137 e. The van der Waals surface area contributed by atoms with Crippen molar-refractivity contribution in [3.63, 3.8) is 0 Å². The van der Waals surface area contributed by atoms with Crippen LogP contribution in [0.15, 0.2) is 0 Å². The Morgan fingerprint density at radius 1 is 1.20 bits per heavy atom. The molecule has 0 saturated carbocycles. The fraction of sp³-hybridized carbons (Fsp3) is 0.647. The second-order valence-electron chi connectivity index (χ2n) is 6.35. The van der Waals surface area contributed by atoms with Gasteiger partial charge in [-0.2, -0.15) is 0 Å². The van der Waals surface area contributed by atoms with Crippen LogP contribution in [0.25, 0.3) is 0 Å². The summed E-state index contributed by atoms with van der Waals surface area (Å²) in [7, 11) is 0. The van der Waals surface area contributed by atoms with Gasteiger partial charge in [0.15, 0.2) is 0 Å². The highest BCUT2D eigenvalue weighted by Gasteiger charge is 2.24. The van der Waals surface area contributed by atoms with Crippen molar-refractivity contribution in [3.8, 4) is 5.75 Å².